The number of rotatable bonds is 4. The highest BCUT2D eigenvalue weighted by atomic mass is 16.2. The van der Waals surface area contributed by atoms with Crippen molar-refractivity contribution in [3.05, 3.63) is 12.2 Å². The van der Waals surface area contributed by atoms with Crippen molar-refractivity contribution in [3.8, 4) is 0 Å². The summed E-state index contributed by atoms with van der Waals surface area (Å²) < 4.78 is 0. The van der Waals surface area contributed by atoms with Crippen molar-refractivity contribution in [2.75, 3.05) is 27.2 Å². The molecule has 0 saturated carbocycles. The SMILES string of the molecule is CC(=O)C1CCCN1C(=O)/C=C/CN(C)C. The topological polar surface area (TPSA) is 40.6 Å². The predicted octanol–water partition coefficient (Wildman–Crippen LogP) is 0.684. The lowest BCUT2D eigenvalue weighted by Gasteiger charge is -2.20. The van der Waals surface area contributed by atoms with Crippen molar-refractivity contribution in [1.29, 1.82) is 0 Å². The molecule has 1 rings (SSSR count). The highest BCUT2D eigenvalue weighted by Crippen LogP contribution is 2.18. The molecule has 0 bridgehead atoms. The van der Waals surface area contributed by atoms with Crippen LogP contribution in [0.15, 0.2) is 12.2 Å². The Morgan fingerprint density at radius 1 is 1.44 bits per heavy atom. The lowest BCUT2D eigenvalue weighted by Crippen LogP contribution is -2.38. The first-order chi connectivity index (χ1) is 7.52. The van der Waals surface area contributed by atoms with Crippen LogP contribution in [0.5, 0.6) is 0 Å². The molecule has 0 aliphatic carbocycles. The smallest absolute Gasteiger partial charge is 0.246 e. The number of nitrogens with zero attached hydrogens (tertiary/aromatic N) is 2. The van der Waals surface area contributed by atoms with Crippen molar-refractivity contribution >= 4 is 11.7 Å². The zero-order valence-corrected chi connectivity index (χ0v) is 10.3. The molecule has 1 unspecified atom stereocenters. The Labute approximate surface area is 96.9 Å². The molecule has 0 spiro atoms. The molecule has 1 amide bonds. The summed E-state index contributed by atoms with van der Waals surface area (Å²) in [5.41, 5.74) is 0. The van der Waals surface area contributed by atoms with Crippen LogP contribution >= 0.6 is 0 Å². The Hall–Kier alpha value is -1.16. The lowest BCUT2D eigenvalue weighted by molar-refractivity contribution is -0.133. The van der Waals surface area contributed by atoms with Gasteiger partial charge in [0, 0.05) is 19.2 Å². The van der Waals surface area contributed by atoms with E-state index in [1.54, 1.807) is 17.9 Å². The van der Waals surface area contributed by atoms with E-state index in [4.69, 9.17) is 0 Å². The molecule has 0 N–H and O–H groups in total. The number of hydrogen-bond acceptors (Lipinski definition) is 3. The Balaban J connectivity index is 2.53. The molecule has 0 radical (unpaired) electrons. The maximum absolute atomic E-state index is 11.8. The first-order valence-electron chi connectivity index (χ1n) is 5.64. The molecule has 1 saturated heterocycles. The van der Waals surface area contributed by atoms with Gasteiger partial charge in [0.15, 0.2) is 5.78 Å². The van der Waals surface area contributed by atoms with Gasteiger partial charge < -0.3 is 9.80 Å². The lowest BCUT2D eigenvalue weighted by atomic mass is 10.1. The maximum atomic E-state index is 11.8. The number of amides is 1. The summed E-state index contributed by atoms with van der Waals surface area (Å²) in [7, 11) is 3.89. The van der Waals surface area contributed by atoms with E-state index in [1.807, 2.05) is 25.1 Å². The van der Waals surface area contributed by atoms with Crippen molar-refractivity contribution in [1.82, 2.24) is 9.80 Å². The average molecular weight is 224 g/mol. The Bertz CT molecular complexity index is 297. The van der Waals surface area contributed by atoms with Gasteiger partial charge in [0.25, 0.3) is 0 Å². The fourth-order valence-electron chi connectivity index (χ4n) is 1.91. The van der Waals surface area contributed by atoms with E-state index in [0.717, 1.165) is 19.4 Å². The third kappa shape index (κ3) is 3.45. The predicted molar refractivity (Wildman–Crippen MR) is 63.1 cm³/mol. The van der Waals surface area contributed by atoms with Gasteiger partial charge in [-0.25, -0.2) is 0 Å². The molecule has 4 nitrogen and oxygen atoms in total. The largest absolute Gasteiger partial charge is 0.329 e. The van der Waals surface area contributed by atoms with Crippen LogP contribution in [-0.2, 0) is 9.59 Å². The molecule has 0 aromatic carbocycles. The van der Waals surface area contributed by atoms with Crippen LogP contribution < -0.4 is 0 Å². The van der Waals surface area contributed by atoms with Gasteiger partial charge in [-0.2, -0.15) is 0 Å². The number of Topliss-reactive ketones (excluding diaryl/α,β-unsaturated/α-hetero) is 1. The molecule has 1 heterocycles. The minimum absolute atomic E-state index is 0.0421. The van der Waals surface area contributed by atoms with E-state index in [2.05, 4.69) is 0 Å². The van der Waals surface area contributed by atoms with Gasteiger partial charge in [0.1, 0.15) is 0 Å². The molecule has 16 heavy (non-hydrogen) atoms. The molecule has 1 aliphatic heterocycles. The quantitative estimate of drug-likeness (QED) is 0.659. The third-order valence-corrected chi connectivity index (χ3v) is 2.74. The maximum Gasteiger partial charge on any atom is 0.246 e. The van der Waals surface area contributed by atoms with Gasteiger partial charge in [-0.15, -0.1) is 0 Å². The molecule has 1 atom stereocenters. The van der Waals surface area contributed by atoms with Gasteiger partial charge in [0.2, 0.25) is 5.91 Å². The van der Waals surface area contributed by atoms with Crippen LogP contribution in [-0.4, -0.2) is 54.7 Å². The Morgan fingerprint density at radius 3 is 2.69 bits per heavy atom. The highest BCUT2D eigenvalue weighted by molar-refractivity contribution is 5.93. The minimum atomic E-state index is -0.198. The first-order valence-corrected chi connectivity index (χ1v) is 5.64. The number of likely N-dealkylation sites (tertiary alicyclic amines) is 1. The van der Waals surface area contributed by atoms with Crippen LogP contribution in [0.1, 0.15) is 19.8 Å². The first kappa shape index (κ1) is 12.9. The third-order valence-electron chi connectivity index (χ3n) is 2.74. The molecular formula is C12H20N2O2. The van der Waals surface area contributed by atoms with Crippen molar-refractivity contribution < 1.29 is 9.59 Å². The van der Waals surface area contributed by atoms with Crippen molar-refractivity contribution in [2.24, 2.45) is 0 Å². The van der Waals surface area contributed by atoms with E-state index in [1.165, 1.54) is 0 Å². The molecule has 1 fully saturated rings. The molecule has 4 heteroatoms. The van der Waals surface area contributed by atoms with Gasteiger partial charge in [-0.05, 0) is 33.9 Å². The molecule has 0 aromatic rings. The number of ketones is 1. The number of carbonyl (C=O) groups excluding carboxylic acids is 2. The fraction of sp³-hybridized carbons (Fsp3) is 0.667. The number of carbonyl (C=O) groups is 2. The van der Waals surface area contributed by atoms with Crippen molar-refractivity contribution in [3.63, 3.8) is 0 Å². The molecule has 90 valence electrons. The highest BCUT2D eigenvalue weighted by Gasteiger charge is 2.30. The van der Waals surface area contributed by atoms with E-state index in [-0.39, 0.29) is 17.7 Å². The summed E-state index contributed by atoms with van der Waals surface area (Å²) >= 11 is 0. The summed E-state index contributed by atoms with van der Waals surface area (Å²) in [4.78, 5) is 26.8. The minimum Gasteiger partial charge on any atom is -0.329 e. The Morgan fingerprint density at radius 2 is 2.12 bits per heavy atom. The standard InChI is InChI=1S/C12H20N2O2/c1-10(15)11-6-4-9-14(11)12(16)7-5-8-13(2)3/h5,7,11H,4,6,8-9H2,1-3H3/b7-5+. The summed E-state index contributed by atoms with van der Waals surface area (Å²) in [6.45, 7) is 3.00. The summed E-state index contributed by atoms with van der Waals surface area (Å²) in [5.74, 6) is 0.0476. The second kappa shape index (κ2) is 5.80. The van der Waals surface area contributed by atoms with E-state index >= 15 is 0 Å². The van der Waals surface area contributed by atoms with Crippen molar-refractivity contribution in [2.45, 2.75) is 25.8 Å². The summed E-state index contributed by atoms with van der Waals surface area (Å²) in [5, 5.41) is 0. The second-order valence-corrected chi connectivity index (χ2v) is 4.46. The van der Waals surface area contributed by atoms with Gasteiger partial charge in [-0.1, -0.05) is 6.08 Å². The number of hydrogen-bond donors (Lipinski definition) is 0. The molecule has 1 aliphatic rings. The van der Waals surface area contributed by atoms with E-state index in [0.29, 0.717) is 6.54 Å². The second-order valence-electron chi connectivity index (χ2n) is 4.46. The van der Waals surface area contributed by atoms with Crippen LogP contribution in [0.25, 0.3) is 0 Å². The van der Waals surface area contributed by atoms with E-state index in [9.17, 15) is 9.59 Å². The fourth-order valence-corrected chi connectivity index (χ4v) is 1.91. The van der Waals surface area contributed by atoms with Crippen LogP contribution in [0.2, 0.25) is 0 Å². The van der Waals surface area contributed by atoms with Gasteiger partial charge >= 0.3 is 0 Å². The van der Waals surface area contributed by atoms with E-state index < -0.39 is 0 Å². The average Bonchev–Trinajstić information content (AvgIpc) is 2.65. The summed E-state index contributed by atoms with van der Waals surface area (Å²) in [6.07, 6.45) is 5.14. The Kier molecular flexibility index (Phi) is 4.68. The molecule has 0 aromatic heterocycles. The zero-order valence-electron chi connectivity index (χ0n) is 10.3. The van der Waals surface area contributed by atoms with Gasteiger partial charge in [0.05, 0.1) is 6.04 Å². The normalized spacial score (nSPS) is 21.0. The van der Waals surface area contributed by atoms with Crippen LogP contribution in [0.3, 0.4) is 0 Å². The summed E-state index contributed by atoms with van der Waals surface area (Å²) in [6, 6.07) is -0.198. The van der Waals surface area contributed by atoms with Crippen LogP contribution in [0.4, 0.5) is 0 Å². The van der Waals surface area contributed by atoms with Gasteiger partial charge in [-0.3, -0.25) is 9.59 Å². The zero-order chi connectivity index (χ0) is 12.1. The molecular weight excluding hydrogens is 204 g/mol. The van der Waals surface area contributed by atoms with Crippen LogP contribution in [0, 0.1) is 0 Å². The number of likely N-dealkylation sites (N-methyl/N-ethyl adjacent to an activating group) is 1. The monoisotopic (exact) mass is 224 g/mol.